The predicted molar refractivity (Wildman–Crippen MR) is 69.9 cm³/mol. The van der Waals surface area contributed by atoms with Gasteiger partial charge in [0.25, 0.3) is 5.91 Å². The number of nitrogens with zero attached hydrogens (tertiary/aromatic N) is 1. The highest BCUT2D eigenvalue weighted by Gasteiger charge is 2.53. The molecule has 5 nitrogen and oxygen atoms in total. The van der Waals surface area contributed by atoms with Crippen LogP contribution in [0.15, 0.2) is 30.3 Å². The maximum Gasteiger partial charge on any atom is 0.339 e. The highest BCUT2D eigenvalue weighted by molar-refractivity contribution is 6.06. The van der Waals surface area contributed by atoms with Crippen LogP contribution in [0.2, 0.25) is 0 Å². The van der Waals surface area contributed by atoms with E-state index < -0.39 is 11.6 Å². The molecular formula is C14H17N3O2. The molecule has 0 unspecified atom stereocenters. The number of amides is 3. The van der Waals surface area contributed by atoms with E-state index in [1.165, 1.54) is 5.56 Å². The molecule has 1 spiro atoms. The van der Waals surface area contributed by atoms with Crippen molar-refractivity contribution in [2.45, 2.75) is 37.1 Å². The molecule has 1 saturated carbocycles. The third-order valence-electron chi connectivity index (χ3n) is 4.41. The number of nitrogens with one attached hydrogen (secondary N) is 1. The summed E-state index contributed by atoms with van der Waals surface area (Å²) in [6.07, 6.45) is 3.00. The van der Waals surface area contributed by atoms with Crippen molar-refractivity contribution in [3.63, 3.8) is 0 Å². The fraction of sp³-hybridized carbons (Fsp3) is 0.429. The van der Waals surface area contributed by atoms with Gasteiger partial charge >= 0.3 is 6.03 Å². The van der Waals surface area contributed by atoms with Gasteiger partial charge in [0.15, 0.2) is 0 Å². The summed E-state index contributed by atoms with van der Waals surface area (Å²) in [5.41, 5.74) is 0.480. The van der Waals surface area contributed by atoms with Gasteiger partial charge in [-0.15, -0.1) is 0 Å². The smallest absolute Gasteiger partial charge is 0.275 e. The SMILES string of the molecule is NN1C(=O)NC(=O)C12CCC(c1ccccc1)CC2. The molecule has 1 saturated heterocycles. The summed E-state index contributed by atoms with van der Waals surface area (Å²) in [5.74, 6) is 5.97. The van der Waals surface area contributed by atoms with Gasteiger partial charge in [-0.2, -0.15) is 0 Å². The second kappa shape index (κ2) is 4.35. The number of hydrogen-bond donors (Lipinski definition) is 2. The molecule has 5 heteroatoms. The highest BCUT2D eigenvalue weighted by Crippen LogP contribution is 2.41. The molecule has 3 amide bonds. The quantitative estimate of drug-likeness (QED) is 0.456. The summed E-state index contributed by atoms with van der Waals surface area (Å²) >= 11 is 0. The Morgan fingerprint density at radius 2 is 1.79 bits per heavy atom. The second-order valence-electron chi connectivity index (χ2n) is 5.35. The van der Waals surface area contributed by atoms with E-state index in [1.54, 1.807) is 0 Å². The Hall–Kier alpha value is -1.88. The van der Waals surface area contributed by atoms with Crippen LogP contribution in [-0.4, -0.2) is 22.5 Å². The Morgan fingerprint density at radius 1 is 1.16 bits per heavy atom. The van der Waals surface area contributed by atoms with Gasteiger partial charge in [0.2, 0.25) is 0 Å². The van der Waals surface area contributed by atoms with E-state index in [9.17, 15) is 9.59 Å². The van der Waals surface area contributed by atoms with Gasteiger partial charge in [0, 0.05) is 0 Å². The molecule has 19 heavy (non-hydrogen) atoms. The summed E-state index contributed by atoms with van der Waals surface area (Å²) < 4.78 is 0. The van der Waals surface area contributed by atoms with E-state index in [2.05, 4.69) is 17.4 Å². The first-order valence-electron chi connectivity index (χ1n) is 6.59. The molecule has 0 radical (unpaired) electrons. The van der Waals surface area contributed by atoms with Gasteiger partial charge < -0.3 is 0 Å². The summed E-state index contributed by atoms with van der Waals surface area (Å²) in [7, 11) is 0. The number of carbonyl (C=O) groups is 2. The molecule has 1 aliphatic heterocycles. The summed E-state index contributed by atoms with van der Waals surface area (Å²) in [5, 5.41) is 3.40. The van der Waals surface area contributed by atoms with E-state index in [-0.39, 0.29) is 5.91 Å². The van der Waals surface area contributed by atoms with Crippen LogP contribution in [0.5, 0.6) is 0 Å². The molecule has 0 aromatic heterocycles. The molecule has 1 aromatic rings. The van der Waals surface area contributed by atoms with Crippen molar-refractivity contribution < 1.29 is 9.59 Å². The molecule has 1 aliphatic carbocycles. The lowest BCUT2D eigenvalue weighted by atomic mass is 9.74. The molecule has 2 fully saturated rings. The van der Waals surface area contributed by atoms with Gasteiger partial charge in [0.05, 0.1) is 0 Å². The first-order chi connectivity index (χ1) is 9.13. The average Bonchev–Trinajstić information content (AvgIpc) is 2.65. The van der Waals surface area contributed by atoms with Gasteiger partial charge in [-0.1, -0.05) is 30.3 Å². The van der Waals surface area contributed by atoms with Crippen molar-refractivity contribution in [3.05, 3.63) is 35.9 Å². The minimum absolute atomic E-state index is 0.244. The van der Waals surface area contributed by atoms with Crippen LogP contribution in [0.1, 0.15) is 37.2 Å². The third-order valence-corrected chi connectivity index (χ3v) is 4.41. The average molecular weight is 259 g/mol. The van der Waals surface area contributed by atoms with Gasteiger partial charge in [0.1, 0.15) is 5.54 Å². The molecule has 0 atom stereocenters. The zero-order valence-corrected chi connectivity index (χ0v) is 10.6. The van der Waals surface area contributed by atoms with Crippen molar-refractivity contribution >= 4 is 11.9 Å². The normalized spacial score (nSPS) is 30.8. The summed E-state index contributed by atoms with van der Waals surface area (Å²) in [6, 6.07) is 9.80. The van der Waals surface area contributed by atoms with Gasteiger partial charge in [-0.05, 0) is 37.2 Å². The van der Waals surface area contributed by atoms with E-state index in [0.29, 0.717) is 18.8 Å². The lowest BCUT2D eigenvalue weighted by Crippen LogP contribution is -2.54. The van der Waals surface area contributed by atoms with Gasteiger partial charge in [-0.25, -0.2) is 15.6 Å². The van der Waals surface area contributed by atoms with Crippen molar-refractivity contribution in [3.8, 4) is 0 Å². The molecule has 3 rings (SSSR count). The van der Waals surface area contributed by atoms with E-state index in [0.717, 1.165) is 17.9 Å². The lowest BCUT2D eigenvalue weighted by molar-refractivity contribution is -0.128. The van der Waals surface area contributed by atoms with Crippen molar-refractivity contribution in [2.75, 3.05) is 0 Å². The summed E-state index contributed by atoms with van der Waals surface area (Å²) in [6.45, 7) is 0. The molecule has 100 valence electrons. The Bertz CT molecular complexity index is 507. The minimum Gasteiger partial charge on any atom is -0.275 e. The fourth-order valence-electron chi connectivity index (χ4n) is 3.20. The Kier molecular flexibility index (Phi) is 2.78. The molecule has 2 aliphatic rings. The standard InChI is InChI=1S/C14H17N3O2/c15-17-13(19)16-12(18)14(17)8-6-11(7-9-14)10-4-2-1-3-5-10/h1-5,11H,6-9,15H2,(H,16,18,19). The molecular weight excluding hydrogens is 242 g/mol. The van der Waals surface area contributed by atoms with E-state index in [4.69, 9.17) is 5.84 Å². The second-order valence-corrected chi connectivity index (χ2v) is 5.35. The van der Waals surface area contributed by atoms with Crippen LogP contribution in [-0.2, 0) is 4.79 Å². The first-order valence-corrected chi connectivity index (χ1v) is 6.59. The van der Waals surface area contributed by atoms with Crippen LogP contribution in [0, 0.1) is 0 Å². The number of carbonyl (C=O) groups excluding carboxylic acids is 2. The molecule has 1 aromatic carbocycles. The Labute approximate surface area is 111 Å². The Morgan fingerprint density at radius 3 is 2.32 bits per heavy atom. The number of benzene rings is 1. The van der Waals surface area contributed by atoms with Crippen LogP contribution in [0.25, 0.3) is 0 Å². The molecule has 3 N–H and O–H groups in total. The summed E-state index contributed by atoms with van der Waals surface area (Å²) in [4.78, 5) is 23.4. The fourth-order valence-corrected chi connectivity index (χ4v) is 3.20. The lowest BCUT2D eigenvalue weighted by Gasteiger charge is -2.38. The highest BCUT2D eigenvalue weighted by atomic mass is 16.2. The maximum atomic E-state index is 12.0. The number of hydrazine groups is 1. The minimum atomic E-state index is -0.817. The van der Waals surface area contributed by atoms with Crippen LogP contribution >= 0.6 is 0 Å². The largest absolute Gasteiger partial charge is 0.339 e. The van der Waals surface area contributed by atoms with Crippen molar-refractivity contribution in [1.29, 1.82) is 0 Å². The molecule has 0 bridgehead atoms. The van der Waals surface area contributed by atoms with Crippen molar-refractivity contribution in [1.82, 2.24) is 10.3 Å². The number of imide groups is 1. The number of urea groups is 1. The maximum absolute atomic E-state index is 12.0. The van der Waals surface area contributed by atoms with Crippen molar-refractivity contribution in [2.24, 2.45) is 5.84 Å². The third kappa shape index (κ3) is 1.81. The first kappa shape index (κ1) is 12.2. The Balaban J connectivity index is 1.76. The topological polar surface area (TPSA) is 75.4 Å². The van der Waals surface area contributed by atoms with Gasteiger partial charge in [-0.3, -0.25) is 10.1 Å². The molecule has 1 heterocycles. The monoisotopic (exact) mass is 259 g/mol. The zero-order valence-electron chi connectivity index (χ0n) is 10.6. The zero-order chi connectivity index (χ0) is 13.5. The number of rotatable bonds is 1. The van der Waals surface area contributed by atoms with Crippen LogP contribution in [0.3, 0.4) is 0 Å². The number of nitrogens with two attached hydrogens (primary N) is 1. The van der Waals surface area contributed by atoms with Crippen LogP contribution in [0.4, 0.5) is 4.79 Å². The predicted octanol–water partition coefficient (Wildman–Crippen LogP) is 1.51. The van der Waals surface area contributed by atoms with Crippen LogP contribution < -0.4 is 11.2 Å². The van der Waals surface area contributed by atoms with E-state index in [1.807, 2.05) is 18.2 Å². The van der Waals surface area contributed by atoms with E-state index >= 15 is 0 Å². The number of hydrogen-bond acceptors (Lipinski definition) is 3.